The number of aliphatic carboxylic acids is 1. The molecule has 1 heterocycles. The molecule has 0 amide bonds. The molecule has 1 aromatic heterocycles. The van der Waals surface area contributed by atoms with Crippen molar-refractivity contribution in [1.29, 1.82) is 0 Å². The summed E-state index contributed by atoms with van der Waals surface area (Å²) in [7, 11) is 0. The first kappa shape index (κ1) is 12.1. The van der Waals surface area contributed by atoms with Crippen molar-refractivity contribution in [3.63, 3.8) is 0 Å². The standard InChI is InChI=1S/C10H16N2O2S/c1-10(2,3)12-6-5-11-9(12)15-7-4-8(13)14/h5-6H,4,7H2,1-3H3,(H,13,14). The van der Waals surface area contributed by atoms with Crippen LogP contribution in [0.2, 0.25) is 0 Å². The Morgan fingerprint density at radius 2 is 2.27 bits per heavy atom. The number of nitrogens with zero attached hydrogens (tertiary/aromatic N) is 2. The van der Waals surface area contributed by atoms with Crippen LogP contribution in [0.25, 0.3) is 0 Å². The maximum atomic E-state index is 10.4. The smallest absolute Gasteiger partial charge is 0.304 e. The van der Waals surface area contributed by atoms with Crippen LogP contribution in [-0.2, 0) is 10.3 Å². The summed E-state index contributed by atoms with van der Waals surface area (Å²) >= 11 is 1.48. The second kappa shape index (κ2) is 4.70. The first-order chi connectivity index (χ1) is 6.91. The topological polar surface area (TPSA) is 55.1 Å². The molecule has 0 aliphatic rings. The summed E-state index contributed by atoms with van der Waals surface area (Å²) in [4.78, 5) is 14.6. The van der Waals surface area contributed by atoms with Crippen LogP contribution in [0.4, 0.5) is 0 Å². The minimum Gasteiger partial charge on any atom is -0.481 e. The average molecular weight is 228 g/mol. The molecule has 0 fully saturated rings. The van der Waals surface area contributed by atoms with Crippen LogP contribution >= 0.6 is 11.8 Å². The van der Waals surface area contributed by atoms with Gasteiger partial charge in [-0.3, -0.25) is 4.79 Å². The molecule has 0 atom stereocenters. The maximum Gasteiger partial charge on any atom is 0.304 e. The van der Waals surface area contributed by atoms with Gasteiger partial charge in [-0.1, -0.05) is 11.8 Å². The van der Waals surface area contributed by atoms with Gasteiger partial charge in [0, 0.05) is 23.7 Å². The van der Waals surface area contributed by atoms with E-state index in [9.17, 15) is 4.79 Å². The van der Waals surface area contributed by atoms with Gasteiger partial charge < -0.3 is 9.67 Å². The van der Waals surface area contributed by atoms with E-state index in [4.69, 9.17) is 5.11 Å². The summed E-state index contributed by atoms with van der Waals surface area (Å²) in [5, 5.41) is 9.41. The van der Waals surface area contributed by atoms with E-state index in [2.05, 4.69) is 30.3 Å². The Hall–Kier alpha value is -0.970. The maximum absolute atomic E-state index is 10.4. The van der Waals surface area contributed by atoms with E-state index in [-0.39, 0.29) is 12.0 Å². The Morgan fingerprint density at radius 1 is 1.60 bits per heavy atom. The summed E-state index contributed by atoms with van der Waals surface area (Å²) in [6, 6.07) is 0. The van der Waals surface area contributed by atoms with Gasteiger partial charge in [0.25, 0.3) is 0 Å². The number of rotatable bonds is 4. The van der Waals surface area contributed by atoms with Crippen LogP contribution in [0.3, 0.4) is 0 Å². The Balaban J connectivity index is 2.62. The van der Waals surface area contributed by atoms with Gasteiger partial charge in [0.05, 0.1) is 6.42 Å². The molecule has 0 radical (unpaired) electrons. The second-order valence-corrected chi connectivity index (χ2v) is 5.30. The molecule has 1 N–H and O–H groups in total. The third-order valence-electron chi connectivity index (χ3n) is 1.88. The van der Waals surface area contributed by atoms with Crippen molar-refractivity contribution in [1.82, 2.24) is 9.55 Å². The van der Waals surface area contributed by atoms with Gasteiger partial charge in [0.1, 0.15) is 0 Å². The van der Waals surface area contributed by atoms with Gasteiger partial charge in [-0.15, -0.1) is 0 Å². The number of imidazole rings is 1. The fourth-order valence-corrected chi connectivity index (χ4v) is 2.21. The number of hydrogen-bond donors (Lipinski definition) is 1. The normalized spacial score (nSPS) is 11.7. The van der Waals surface area contributed by atoms with Crippen LogP contribution < -0.4 is 0 Å². The first-order valence-electron chi connectivity index (χ1n) is 4.79. The Kier molecular flexibility index (Phi) is 3.79. The Labute approximate surface area is 93.7 Å². The minimum absolute atomic E-state index is 0.0118. The molecule has 1 rings (SSSR count). The van der Waals surface area contributed by atoms with Crippen molar-refractivity contribution in [3.05, 3.63) is 12.4 Å². The molecule has 0 aromatic carbocycles. The van der Waals surface area contributed by atoms with Crippen LogP contribution in [0.15, 0.2) is 17.6 Å². The van der Waals surface area contributed by atoms with Crippen LogP contribution in [-0.4, -0.2) is 26.4 Å². The molecule has 0 aliphatic carbocycles. The number of thioether (sulfide) groups is 1. The summed E-state index contributed by atoms with van der Waals surface area (Å²) in [5.41, 5.74) is -0.0118. The van der Waals surface area contributed by atoms with Gasteiger partial charge in [0.15, 0.2) is 5.16 Å². The molecule has 15 heavy (non-hydrogen) atoms. The largest absolute Gasteiger partial charge is 0.481 e. The first-order valence-corrected chi connectivity index (χ1v) is 5.78. The summed E-state index contributed by atoms with van der Waals surface area (Å²) < 4.78 is 2.06. The van der Waals surface area contributed by atoms with Gasteiger partial charge >= 0.3 is 5.97 Å². The van der Waals surface area contributed by atoms with Crippen molar-refractivity contribution < 1.29 is 9.90 Å². The van der Waals surface area contributed by atoms with Crippen molar-refractivity contribution in [3.8, 4) is 0 Å². The molecule has 1 aromatic rings. The van der Waals surface area contributed by atoms with Gasteiger partial charge in [-0.25, -0.2) is 4.98 Å². The number of hydrogen-bond acceptors (Lipinski definition) is 3. The number of carboxylic acids is 1. The second-order valence-electron chi connectivity index (χ2n) is 4.24. The molecule has 84 valence electrons. The lowest BCUT2D eigenvalue weighted by molar-refractivity contribution is -0.136. The van der Waals surface area contributed by atoms with E-state index >= 15 is 0 Å². The lowest BCUT2D eigenvalue weighted by Crippen LogP contribution is -2.21. The van der Waals surface area contributed by atoms with Crippen LogP contribution in [0.1, 0.15) is 27.2 Å². The van der Waals surface area contributed by atoms with Crippen molar-refractivity contribution >= 4 is 17.7 Å². The molecule has 5 heteroatoms. The highest BCUT2D eigenvalue weighted by atomic mass is 32.2. The predicted octanol–water partition coefficient (Wildman–Crippen LogP) is 2.20. The van der Waals surface area contributed by atoms with Gasteiger partial charge in [-0.2, -0.15) is 0 Å². The minimum atomic E-state index is -0.767. The lowest BCUT2D eigenvalue weighted by Gasteiger charge is -2.22. The fourth-order valence-electron chi connectivity index (χ4n) is 1.14. The Morgan fingerprint density at radius 3 is 2.80 bits per heavy atom. The highest BCUT2D eigenvalue weighted by Gasteiger charge is 2.16. The molecular weight excluding hydrogens is 212 g/mol. The molecule has 0 spiro atoms. The third kappa shape index (κ3) is 3.58. The number of carbonyl (C=O) groups is 1. The van der Waals surface area contributed by atoms with Crippen LogP contribution in [0, 0.1) is 0 Å². The lowest BCUT2D eigenvalue weighted by atomic mass is 10.1. The summed E-state index contributed by atoms with van der Waals surface area (Å²) in [5.74, 6) is -0.209. The quantitative estimate of drug-likeness (QED) is 0.803. The highest BCUT2D eigenvalue weighted by molar-refractivity contribution is 7.99. The molecule has 0 bridgehead atoms. The van der Waals surface area contributed by atoms with E-state index in [1.54, 1.807) is 6.20 Å². The molecule has 0 unspecified atom stereocenters. The van der Waals surface area contributed by atoms with E-state index in [1.807, 2.05) is 6.20 Å². The summed E-state index contributed by atoms with van der Waals surface area (Å²) in [6.45, 7) is 6.28. The SMILES string of the molecule is CC(C)(C)n1ccnc1SCCC(=O)O. The molecule has 4 nitrogen and oxygen atoms in total. The average Bonchev–Trinajstić information content (AvgIpc) is 2.50. The molecular formula is C10H16N2O2S. The molecule has 0 saturated heterocycles. The zero-order chi connectivity index (χ0) is 11.5. The predicted molar refractivity (Wildman–Crippen MR) is 60.2 cm³/mol. The van der Waals surface area contributed by atoms with Crippen LogP contribution in [0.5, 0.6) is 0 Å². The van der Waals surface area contributed by atoms with E-state index in [0.29, 0.717) is 5.75 Å². The number of carboxylic acid groups (broad SMARTS) is 1. The highest BCUT2D eigenvalue weighted by Crippen LogP contribution is 2.23. The third-order valence-corrected chi connectivity index (χ3v) is 2.85. The zero-order valence-electron chi connectivity index (χ0n) is 9.23. The van der Waals surface area contributed by atoms with Crippen molar-refractivity contribution in [2.24, 2.45) is 0 Å². The fraction of sp³-hybridized carbons (Fsp3) is 0.600. The monoisotopic (exact) mass is 228 g/mol. The van der Waals surface area contributed by atoms with E-state index in [1.165, 1.54) is 11.8 Å². The zero-order valence-corrected chi connectivity index (χ0v) is 10.0. The molecule has 0 saturated carbocycles. The van der Waals surface area contributed by atoms with E-state index in [0.717, 1.165) is 5.16 Å². The van der Waals surface area contributed by atoms with Gasteiger partial charge in [-0.05, 0) is 20.8 Å². The van der Waals surface area contributed by atoms with E-state index < -0.39 is 5.97 Å². The summed E-state index contributed by atoms with van der Waals surface area (Å²) in [6.07, 6.45) is 3.83. The Bertz CT molecular complexity index is 341. The van der Waals surface area contributed by atoms with Crippen molar-refractivity contribution in [2.75, 3.05) is 5.75 Å². The van der Waals surface area contributed by atoms with Crippen molar-refractivity contribution in [2.45, 2.75) is 37.9 Å². The van der Waals surface area contributed by atoms with Gasteiger partial charge in [0.2, 0.25) is 0 Å². The number of aromatic nitrogens is 2. The molecule has 0 aliphatic heterocycles.